The number of carbonyl (C=O) groups is 2. The summed E-state index contributed by atoms with van der Waals surface area (Å²) in [4.78, 5) is 27.4. The molecule has 0 aromatic heterocycles. The van der Waals surface area contributed by atoms with Crippen LogP contribution >= 0.6 is 34.8 Å². The summed E-state index contributed by atoms with van der Waals surface area (Å²) in [6.07, 6.45) is 0.134. The van der Waals surface area contributed by atoms with E-state index in [1.807, 2.05) is 26.8 Å². The topological polar surface area (TPSA) is 49.4 Å². The molecule has 0 radical (unpaired) electrons. The summed E-state index contributed by atoms with van der Waals surface area (Å²) in [5.41, 5.74) is 1.16. The van der Waals surface area contributed by atoms with Crippen LogP contribution in [-0.2, 0) is 22.6 Å². The molecule has 2 aromatic carbocycles. The van der Waals surface area contributed by atoms with Gasteiger partial charge in [-0.1, -0.05) is 53.0 Å². The predicted molar refractivity (Wildman–Crippen MR) is 120 cm³/mol. The molecule has 1 atom stereocenters. The second-order valence-electron chi connectivity index (χ2n) is 7.99. The van der Waals surface area contributed by atoms with Gasteiger partial charge >= 0.3 is 0 Å². The largest absolute Gasteiger partial charge is 0.350 e. The van der Waals surface area contributed by atoms with Crippen LogP contribution < -0.4 is 5.32 Å². The number of rotatable bonds is 6. The first kappa shape index (κ1) is 23.5. The number of nitrogens with one attached hydrogen (secondary N) is 1. The van der Waals surface area contributed by atoms with Gasteiger partial charge in [0.1, 0.15) is 6.04 Å². The van der Waals surface area contributed by atoms with Gasteiger partial charge in [-0.3, -0.25) is 9.59 Å². The maximum atomic E-state index is 13.1. The van der Waals surface area contributed by atoms with Gasteiger partial charge in [-0.05, 0) is 63.1 Å². The minimum absolute atomic E-state index is 0.134. The van der Waals surface area contributed by atoms with Crippen molar-refractivity contribution in [1.29, 1.82) is 0 Å². The van der Waals surface area contributed by atoms with Crippen molar-refractivity contribution in [2.75, 3.05) is 0 Å². The second-order valence-corrected chi connectivity index (χ2v) is 9.24. The Morgan fingerprint density at radius 3 is 2.28 bits per heavy atom. The summed E-state index contributed by atoms with van der Waals surface area (Å²) < 4.78 is 0. The Labute approximate surface area is 187 Å². The van der Waals surface area contributed by atoms with Gasteiger partial charge in [-0.25, -0.2) is 0 Å². The third kappa shape index (κ3) is 7.22. The van der Waals surface area contributed by atoms with Crippen molar-refractivity contribution in [3.8, 4) is 0 Å². The summed E-state index contributed by atoms with van der Waals surface area (Å²) in [6, 6.07) is 11.6. The number of nitrogens with zero attached hydrogens (tertiary/aromatic N) is 1. The Morgan fingerprint density at radius 1 is 1.00 bits per heavy atom. The molecule has 1 N–H and O–H groups in total. The van der Waals surface area contributed by atoms with E-state index < -0.39 is 11.6 Å². The zero-order chi connectivity index (χ0) is 21.8. The number of amides is 2. The van der Waals surface area contributed by atoms with E-state index in [0.29, 0.717) is 15.1 Å². The smallest absolute Gasteiger partial charge is 0.242 e. The fraction of sp³-hybridized carbons (Fsp3) is 0.364. The van der Waals surface area contributed by atoms with Crippen molar-refractivity contribution >= 4 is 46.6 Å². The summed E-state index contributed by atoms with van der Waals surface area (Å²) in [5.74, 6) is -0.410. The molecule has 0 aliphatic heterocycles. The lowest BCUT2D eigenvalue weighted by molar-refractivity contribution is -0.140. The normalized spacial score (nSPS) is 12.4. The maximum absolute atomic E-state index is 13.1. The second kappa shape index (κ2) is 9.84. The monoisotopic (exact) mass is 454 g/mol. The molecule has 7 heteroatoms. The SMILES string of the molecule is C[C@H](C(=O)NC(C)(C)C)N(Cc1ccc(Cl)c(Cl)c1)C(=O)Cc1cccc(Cl)c1. The van der Waals surface area contributed by atoms with Crippen LogP contribution in [0.3, 0.4) is 0 Å². The number of carbonyl (C=O) groups excluding carboxylic acids is 2. The molecule has 2 aromatic rings. The Morgan fingerprint density at radius 2 is 1.69 bits per heavy atom. The number of hydrogen-bond acceptors (Lipinski definition) is 2. The minimum Gasteiger partial charge on any atom is -0.350 e. The zero-order valence-electron chi connectivity index (χ0n) is 16.9. The van der Waals surface area contributed by atoms with Gasteiger partial charge in [-0.15, -0.1) is 0 Å². The molecule has 0 bridgehead atoms. The molecule has 0 fully saturated rings. The Kier molecular flexibility index (Phi) is 7.98. The number of benzene rings is 2. The van der Waals surface area contributed by atoms with Gasteiger partial charge in [0.2, 0.25) is 11.8 Å². The van der Waals surface area contributed by atoms with Gasteiger partial charge in [0.25, 0.3) is 0 Å². The van der Waals surface area contributed by atoms with Gasteiger partial charge in [0.15, 0.2) is 0 Å². The third-order valence-corrected chi connectivity index (χ3v) is 5.22. The van der Waals surface area contributed by atoms with Crippen LogP contribution in [0.5, 0.6) is 0 Å². The van der Waals surface area contributed by atoms with Crippen molar-refractivity contribution in [3.05, 3.63) is 68.7 Å². The van der Waals surface area contributed by atoms with E-state index in [0.717, 1.165) is 11.1 Å². The van der Waals surface area contributed by atoms with Gasteiger partial charge in [-0.2, -0.15) is 0 Å². The molecule has 0 aliphatic carbocycles. The quantitative estimate of drug-likeness (QED) is 0.623. The first-order valence-electron chi connectivity index (χ1n) is 9.26. The van der Waals surface area contributed by atoms with E-state index in [1.54, 1.807) is 48.2 Å². The molecule has 156 valence electrons. The molecule has 0 heterocycles. The average Bonchev–Trinajstić information content (AvgIpc) is 2.60. The highest BCUT2D eigenvalue weighted by molar-refractivity contribution is 6.42. The summed E-state index contributed by atoms with van der Waals surface area (Å²) in [6.45, 7) is 7.64. The van der Waals surface area contributed by atoms with E-state index >= 15 is 0 Å². The van der Waals surface area contributed by atoms with E-state index in [9.17, 15) is 9.59 Å². The highest BCUT2D eigenvalue weighted by atomic mass is 35.5. The average molecular weight is 456 g/mol. The number of hydrogen-bond donors (Lipinski definition) is 1. The molecule has 0 saturated carbocycles. The van der Waals surface area contributed by atoms with Gasteiger partial charge < -0.3 is 10.2 Å². The van der Waals surface area contributed by atoms with Crippen LogP contribution in [0, 0.1) is 0 Å². The highest BCUT2D eigenvalue weighted by Gasteiger charge is 2.28. The molecule has 0 saturated heterocycles. The lowest BCUT2D eigenvalue weighted by atomic mass is 10.1. The highest BCUT2D eigenvalue weighted by Crippen LogP contribution is 2.24. The van der Waals surface area contributed by atoms with Crippen LogP contribution in [0.1, 0.15) is 38.8 Å². The lowest BCUT2D eigenvalue weighted by Gasteiger charge is -2.31. The molecular formula is C22H25Cl3N2O2. The van der Waals surface area contributed by atoms with E-state index in [1.165, 1.54) is 0 Å². The van der Waals surface area contributed by atoms with Crippen molar-refractivity contribution in [2.45, 2.75) is 52.2 Å². The van der Waals surface area contributed by atoms with Gasteiger partial charge in [0, 0.05) is 17.1 Å². The van der Waals surface area contributed by atoms with Crippen LogP contribution in [0.15, 0.2) is 42.5 Å². The van der Waals surface area contributed by atoms with Crippen molar-refractivity contribution in [2.24, 2.45) is 0 Å². The molecule has 2 rings (SSSR count). The summed E-state index contributed by atoms with van der Waals surface area (Å²) in [7, 11) is 0. The Bertz CT molecular complexity index is 894. The molecular weight excluding hydrogens is 431 g/mol. The van der Waals surface area contributed by atoms with Crippen molar-refractivity contribution in [3.63, 3.8) is 0 Å². The van der Waals surface area contributed by atoms with Crippen molar-refractivity contribution in [1.82, 2.24) is 10.2 Å². The van der Waals surface area contributed by atoms with E-state index in [-0.39, 0.29) is 24.8 Å². The minimum atomic E-state index is -0.671. The number of halogens is 3. The Balaban J connectivity index is 2.28. The van der Waals surface area contributed by atoms with Crippen LogP contribution in [0.4, 0.5) is 0 Å². The third-order valence-electron chi connectivity index (χ3n) is 4.25. The molecule has 29 heavy (non-hydrogen) atoms. The van der Waals surface area contributed by atoms with Crippen LogP contribution in [0.25, 0.3) is 0 Å². The van der Waals surface area contributed by atoms with E-state index in [4.69, 9.17) is 34.8 Å². The maximum Gasteiger partial charge on any atom is 0.242 e. The lowest BCUT2D eigenvalue weighted by Crippen LogP contribution is -2.52. The standard InChI is InChI=1S/C22H25Cl3N2O2/c1-14(21(29)26-22(2,3)4)27(13-16-8-9-18(24)19(25)11-16)20(28)12-15-6-5-7-17(23)10-15/h5-11,14H,12-13H2,1-4H3,(H,26,29)/t14-/m1/s1. The molecule has 0 unspecified atom stereocenters. The van der Waals surface area contributed by atoms with Crippen molar-refractivity contribution < 1.29 is 9.59 Å². The zero-order valence-corrected chi connectivity index (χ0v) is 19.2. The molecule has 2 amide bonds. The fourth-order valence-corrected chi connectivity index (χ4v) is 3.35. The molecule has 4 nitrogen and oxygen atoms in total. The van der Waals surface area contributed by atoms with E-state index in [2.05, 4.69) is 5.32 Å². The van der Waals surface area contributed by atoms with Crippen LogP contribution in [0.2, 0.25) is 15.1 Å². The Hall–Kier alpha value is -1.75. The summed E-state index contributed by atoms with van der Waals surface area (Å²) in [5, 5.41) is 4.33. The molecule has 0 spiro atoms. The first-order chi connectivity index (χ1) is 13.5. The predicted octanol–water partition coefficient (Wildman–Crippen LogP) is 5.52. The summed E-state index contributed by atoms with van der Waals surface area (Å²) >= 11 is 18.2. The van der Waals surface area contributed by atoms with Crippen LogP contribution in [-0.4, -0.2) is 28.3 Å². The first-order valence-corrected chi connectivity index (χ1v) is 10.4. The molecule has 0 aliphatic rings. The van der Waals surface area contributed by atoms with Gasteiger partial charge in [0.05, 0.1) is 16.5 Å². The fourth-order valence-electron chi connectivity index (χ4n) is 2.81.